The molecule has 0 unspecified atom stereocenters. The van der Waals surface area contributed by atoms with Gasteiger partial charge < -0.3 is 0 Å². The number of benzene rings is 2. The number of nitrogens with one attached hydrogen (secondary N) is 1. The van der Waals surface area contributed by atoms with Crippen LogP contribution >= 0.6 is 22.9 Å². The number of hydrazone groups is 1. The van der Waals surface area contributed by atoms with Crippen molar-refractivity contribution in [3.8, 4) is 11.3 Å². The molecule has 23 heavy (non-hydrogen) atoms. The first-order valence-corrected chi connectivity index (χ1v) is 8.15. The Morgan fingerprint density at radius 1 is 1.26 bits per heavy atom. The summed E-state index contributed by atoms with van der Waals surface area (Å²) in [6, 6.07) is 12.8. The van der Waals surface area contributed by atoms with Crippen molar-refractivity contribution in [3.05, 3.63) is 69.8 Å². The number of nitrogens with zero attached hydrogens (tertiary/aromatic N) is 2. The Balaban J connectivity index is 1.72. The molecule has 1 N–H and O–H groups in total. The SMILES string of the molecule is Cc1cc(C=NNc2nc(-c3ccccc3)cs2)c(F)cc1Cl. The second kappa shape index (κ2) is 6.89. The van der Waals surface area contributed by atoms with Crippen molar-refractivity contribution >= 4 is 34.3 Å². The first kappa shape index (κ1) is 15.6. The maximum atomic E-state index is 13.8. The predicted molar refractivity (Wildman–Crippen MR) is 94.9 cm³/mol. The van der Waals surface area contributed by atoms with E-state index in [-0.39, 0.29) is 0 Å². The molecule has 0 aliphatic rings. The minimum absolute atomic E-state index is 0.374. The summed E-state index contributed by atoms with van der Waals surface area (Å²) in [6.45, 7) is 1.82. The van der Waals surface area contributed by atoms with Gasteiger partial charge in [-0.15, -0.1) is 11.3 Å². The van der Waals surface area contributed by atoms with Gasteiger partial charge in [0.1, 0.15) is 5.82 Å². The molecule has 116 valence electrons. The van der Waals surface area contributed by atoms with Crippen molar-refractivity contribution in [3.63, 3.8) is 0 Å². The van der Waals surface area contributed by atoms with Gasteiger partial charge in [0.2, 0.25) is 5.13 Å². The van der Waals surface area contributed by atoms with Gasteiger partial charge in [-0.25, -0.2) is 9.37 Å². The van der Waals surface area contributed by atoms with Crippen LogP contribution in [0.2, 0.25) is 5.02 Å². The molecule has 0 aliphatic heterocycles. The zero-order valence-corrected chi connectivity index (χ0v) is 13.8. The van der Waals surface area contributed by atoms with E-state index in [9.17, 15) is 4.39 Å². The topological polar surface area (TPSA) is 37.3 Å². The fraction of sp³-hybridized carbons (Fsp3) is 0.0588. The van der Waals surface area contributed by atoms with Gasteiger partial charge in [0.15, 0.2) is 0 Å². The van der Waals surface area contributed by atoms with Crippen LogP contribution in [0.1, 0.15) is 11.1 Å². The molecule has 0 radical (unpaired) electrons. The largest absolute Gasteiger partial charge is 0.253 e. The lowest BCUT2D eigenvalue weighted by Crippen LogP contribution is -1.94. The molecule has 0 saturated carbocycles. The number of hydrogen-bond donors (Lipinski definition) is 1. The molecular formula is C17H13ClFN3S. The van der Waals surface area contributed by atoms with Gasteiger partial charge in [-0.2, -0.15) is 5.10 Å². The van der Waals surface area contributed by atoms with Gasteiger partial charge in [0, 0.05) is 21.5 Å². The van der Waals surface area contributed by atoms with Crippen molar-refractivity contribution in [2.24, 2.45) is 5.10 Å². The van der Waals surface area contributed by atoms with Crippen LogP contribution in [-0.2, 0) is 0 Å². The Hall–Kier alpha value is -2.24. The van der Waals surface area contributed by atoms with Crippen molar-refractivity contribution in [1.82, 2.24) is 4.98 Å². The van der Waals surface area contributed by atoms with E-state index in [1.165, 1.54) is 23.6 Å². The van der Waals surface area contributed by atoms with Crippen molar-refractivity contribution < 1.29 is 4.39 Å². The number of thiazole rings is 1. The predicted octanol–water partition coefficient (Wildman–Crippen LogP) is 5.36. The second-order valence-corrected chi connectivity index (χ2v) is 6.16. The smallest absolute Gasteiger partial charge is 0.203 e. The molecule has 0 atom stereocenters. The standard InChI is InChI=1S/C17H13ClFN3S/c1-11-7-13(15(19)8-14(11)18)9-20-22-17-21-16(10-23-17)12-5-3-2-4-6-12/h2-10H,1H3,(H,21,22). The van der Waals surface area contributed by atoms with Gasteiger partial charge in [0.25, 0.3) is 0 Å². The van der Waals surface area contributed by atoms with E-state index in [1.54, 1.807) is 6.07 Å². The Bertz CT molecular complexity index is 846. The van der Waals surface area contributed by atoms with Crippen LogP contribution in [-0.4, -0.2) is 11.2 Å². The maximum absolute atomic E-state index is 13.8. The van der Waals surface area contributed by atoms with E-state index in [0.717, 1.165) is 16.8 Å². The zero-order chi connectivity index (χ0) is 16.2. The van der Waals surface area contributed by atoms with Crippen LogP contribution < -0.4 is 5.43 Å². The van der Waals surface area contributed by atoms with Crippen molar-refractivity contribution in [2.45, 2.75) is 6.92 Å². The van der Waals surface area contributed by atoms with E-state index in [1.807, 2.05) is 42.6 Å². The Labute approximate surface area is 142 Å². The number of hydrogen-bond acceptors (Lipinski definition) is 4. The fourth-order valence-corrected chi connectivity index (χ4v) is 2.82. The van der Waals surface area contributed by atoms with Crippen LogP contribution in [0.25, 0.3) is 11.3 Å². The first-order chi connectivity index (χ1) is 11.1. The molecule has 0 fully saturated rings. The van der Waals surface area contributed by atoms with Crippen LogP contribution in [0.4, 0.5) is 9.52 Å². The molecule has 1 aromatic heterocycles. The summed E-state index contributed by atoms with van der Waals surface area (Å²) in [7, 11) is 0. The normalized spacial score (nSPS) is 11.1. The van der Waals surface area contributed by atoms with E-state index in [0.29, 0.717) is 15.7 Å². The van der Waals surface area contributed by atoms with Crippen LogP contribution in [0, 0.1) is 12.7 Å². The highest BCUT2D eigenvalue weighted by Gasteiger charge is 2.05. The molecule has 0 bridgehead atoms. The maximum Gasteiger partial charge on any atom is 0.203 e. The third-order valence-electron chi connectivity index (χ3n) is 3.22. The number of halogens is 2. The van der Waals surface area contributed by atoms with Crippen LogP contribution in [0.15, 0.2) is 52.9 Å². The lowest BCUT2D eigenvalue weighted by atomic mass is 10.1. The van der Waals surface area contributed by atoms with E-state index >= 15 is 0 Å². The summed E-state index contributed by atoms with van der Waals surface area (Å²) < 4.78 is 13.8. The molecule has 1 heterocycles. The van der Waals surface area contributed by atoms with E-state index in [4.69, 9.17) is 11.6 Å². The third kappa shape index (κ3) is 3.75. The molecule has 2 aromatic carbocycles. The molecular weight excluding hydrogens is 333 g/mol. The minimum atomic E-state index is -0.407. The number of anilines is 1. The summed E-state index contributed by atoms with van der Waals surface area (Å²) >= 11 is 7.31. The fourth-order valence-electron chi connectivity index (χ4n) is 2.00. The zero-order valence-electron chi connectivity index (χ0n) is 12.3. The summed E-state index contributed by atoms with van der Waals surface area (Å²) in [5, 5.41) is 7.03. The average Bonchev–Trinajstić information content (AvgIpc) is 3.02. The molecule has 6 heteroatoms. The summed E-state index contributed by atoms with van der Waals surface area (Å²) in [4.78, 5) is 4.44. The first-order valence-electron chi connectivity index (χ1n) is 6.89. The number of rotatable bonds is 4. The van der Waals surface area contributed by atoms with Crippen LogP contribution in [0.5, 0.6) is 0 Å². The molecule has 3 nitrogen and oxygen atoms in total. The van der Waals surface area contributed by atoms with Gasteiger partial charge in [-0.05, 0) is 24.6 Å². The number of aryl methyl sites for hydroxylation is 1. The highest BCUT2D eigenvalue weighted by atomic mass is 35.5. The summed E-state index contributed by atoms with van der Waals surface area (Å²) in [6.07, 6.45) is 1.42. The number of aromatic nitrogens is 1. The monoisotopic (exact) mass is 345 g/mol. The van der Waals surface area contributed by atoms with E-state index < -0.39 is 5.82 Å². The Morgan fingerprint density at radius 3 is 2.83 bits per heavy atom. The van der Waals surface area contributed by atoms with Crippen LogP contribution in [0.3, 0.4) is 0 Å². The third-order valence-corrected chi connectivity index (χ3v) is 4.37. The quantitative estimate of drug-likeness (QED) is 0.510. The Morgan fingerprint density at radius 2 is 2.04 bits per heavy atom. The molecule has 0 amide bonds. The van der Waals surface area contributed by atoms with Gasteiger partial charge in [-0.3, -0.25) is 5.43 Å². The highest BCUT2D eigenvalue weighted by Crippen LogP contribution is 2.24. The highest BCUT2D eigenvalue weighted by molar-refractivity contribution is 7.14. The lowest BCUT2D eigenvalue weighted by molar-refractivity contribution is 0.625. The van der Waals surface area contributed by atoms with Gasteiger partial charge in [0.05, 0.1) is 11.9 Å². The minimum Gasteiger partial charge on any atom is -0.253 e. The van der Waals surface area contributed by atoms with Crippen molar-refractivity contribution in [1.29, 1.82) is 0 Å². The van der Waals surface area contributed by atoms with Gasteiger partial charge in [-0.1, -0.05) is 41.9 Å². The molecule has 0 saturated heterocycles. The van der Waals surface area contributed by atoms with Crippen molar-refractivity contribution in [2.75, 3.05) is 5.43 Å². The summed E-state index contributed by atoms with van der Waals surface area (Å²) in [5.74, 6) is -0.407. The van der Waals surface area contributed by atoms with E-state index in [2.05, 4.69) is 15.5 Å². The molecule has 3 rings (SSSR count). The lowest BCUT2D eigenvalue weighted by Gasteiger charge is -2.01. The molecule has 0 spiro atoms. The summed E-state index contributed by atoms with van der Waals surface area (Å²) in [5.41, 5.74) is 5.92. The average molecular weight is 346 g/mol. The second-order valence-electron chi connectivity index (χ2n) is 4.90. The molecule has 3 aromatic rings. The molecule has 0 aliphatic carbocycles. The van der Waals surface area contributed by atoms with Gasteiger partial charge >= 0.3 is 0 Å². The Kier molecular flexibility index (Phi) is 4.69.